The summed E-state index contributed by atoms with van der Waals surface area (Å²) in [7, 11) is 1.57. The third-order valence-corrected chi connectivity index (χ3v) is 6.04. The number of benzene rings is 2. The van der Waals surface area contributed by atoms with Crippen molar-refractivity contribution in [2.24, 2.45) is 0 Å². The molecule has 1 aliphatic heterocycles. The Labute approximate surface area is 206 Å². The fourth-order valence-corrected chi connectivity index (χ4v) is 4.12. The largest absolute Gasteiger partial charge is 0.495 e. The number of nitrogens with zero attached hydrogens (tertiary/aromatic N) is 3. The van der Waals surface area contributed by atoms with Crippen molar-refractivity contribution in [3.05, 3.63) is 52.0 Å². The molecule has 3 aromatic rings. The maximum absolute atomic E-state index is 12.9. The number of anilines is 1. The quantitative estimate of drug-likeness (QED) is 0.432. The summed E-state index contributed by atoms with van der Waals surface area (Å²) in [5.41, 5.74) is 1.71. The van der Waals surface area contributed by atoms with Gasteiger partial charge in [-0.15, -0.1) is 0 Å². The van der Waals surface area contributed by atoms with Gasteiger partial charge in [0.15, 0.2) is 12.2 Å². The van der Waals surface area contributed by atoms with E-state index in [1.165, 1.54) is 10.6 Å². The summed E-state index contributed by atoms with van der Waals surface area (Å²) in [5.74, 6) is -0.350. The predicted octanol–water partition coefficient (Wildman–Crippen LogP) is 2.55. The normalized spacial score (nSPS) is 13.7. The highest BCUT2D eigenvalue weighted by Crippen LogP contribution is 2.30. The van der Waals surface area contributed by atoms with Gasteiger partial charge in [-0.3, -0.25) is 9.36 Å². The number of piperazine rings is 1. The van der Waals surface area contributed by atoms with Gasteiger partial charge in [0, 0.05) is 44.0 Å². The second-order valence-corrected chi connectivity index (χ2v) is 8.27. The van der Waals surface area contributed by atoms with Crippen LogP contribution in [-0.4, -0.2) is 67.8 Å². The molecular formula is C24H26ClN3O7. The molecule has 4 rings (SSSR count). The molecule has 0 bridgehead atoms. The lowest BCUT2D eigenvalue weighted by molar-refractivity contribution is -0.145. The molecule has 1 aliphatic rings. The summed E-state index contributed by atoms with van der Waals surface area (Å²) in [5, 5.41) is 0.542. The SMILES string of the molecule is CCOC(=O)COc1ccc2c(c1)oc(=O)n2CC(=O)N1CCN(c2ccc(Cl)c(OC)c2)CC1. The smallest absolute Gasteiger partial charge is 0.420 e. The van der Waals surface area contributed by atoms with E-state index >= 15 is 0 Å². The van der Waals surface area contributed by atoms with Gasteiger partial charge in [0.05, 0.1) is 24.3 Å². The standard InChI is InChI=1S/C24H26ClN3O7/c1-3-33-23(30)15-34-17-5-7-19-21(13-17)35-24(31)28(19)14-22(29)27-10-8-26(9-11-27)16-4-6-18(25)20(12-16)32-2/h4-7,12-13H,3,8-11,14-15H2,1-2H3. The van der Waals surface area contributed by atoms with Gasteiger partial charge in [-0.2, -0.15) is 0 Å². The Bertz CT molecular complexity index is 1280. The van der Waals surface area contributed by atoms with Gasteiger partial charge in [-0.1, -0.05) is 11.6 Å². The number of carbonyl (C=O) groups is 2. The fraction of sp³-hybridized carbons (Fsp3) is 0.375. The molecular weight excluding hydrogens is 478 g/mol. The Morgan fingerprint density at radius 3 is 2.57 bits per heavy atom. The summed E-state index contributed by atoms with van der Waals surface area (Å²) >= 11 is 6.11. The van der Waals surface area contributed by atoms with Crippen LogP contribution in [0.3, 0.4) is 0 Å². The average molecular weight is 504 g/mol. The monoisotopic (exact) mass is 503 g/mol. The van der Waals surface area contributed by atoms with Crippen molar-refractivity contribution >= 4 is 40.3 Å². The number of fused-ring (bicyclic) bond motifs is 1. The number of esters is 1. The minimum absolute atomic E-state index is 0.135. The van der Waals surface area contributed by atoms with Gasteiger partial charge in [0.1, 0.15) is 18.0 Å². The van der Waals surface area contributed by atoms with E-state index in [1.54, 1.807) is 37.1 Å². The maximum Gasteiger partial charge on any atom is 0.420 e. The highest BCUT2D eigenvalue weighted by atomic mass is 35.5. The highest BCUT2D eigenvalue weighted by molar-refractivity contribution is 6.32. The molecule has 186 valence electrons. The van der Waals surface area contributed by atoms with Crippen molar-refractivity contribution in [2.75, 3.05) is 51.4 Å². The molecule has 10 nitrogen and oxygen atoms in total. The molecule has 2 aromatic carbocycles. The van der Waals surface area contributed by atoms with Crippen LogP contribution in [-0.2, 0) is 20.9 Å². The first kappa shape index (κ1) is 24.5. The number of carbonyl (C=O) groups excluding carboxylic acids is 2. The highest BCUT2D eigenvalue weighted by Gasteiger charge is 2.24. The van der Waals surface area contributed by atoms with E-state index in [0.717, 1.165) is 5.69 Å². The van der Waals surface area contributed by atoms with Crippen LogP contribution in [0.15, 0.2) is 45.6 Å². The zero-order valence-electron chi connectivity index (χ0n) is 19.5. The summed E-state index contributed by atoms with van der Waals surface area (Å²) in [4.78, 5) is 40.7. The Morgan fingerprint density at radius 2 is 1.86 bits per heavy atom. The number of ether oxygens (including phenoxy) is 3. The molecule has 2 heterocycles. The van der Waals surface area contributed by atoms with Crippen LogP contribution in [0.4, 0.5) is 5.69 Å². The minimum atomic E-state index is -0.636. The van der Waals surface area contributed by atoms with Crippen LogP contribution in [0, 0.1) is 0 Å². The van der Waals surface area contributed by atoms with Crippen molar-refractivity contribution in [1.82, 2.24) is 9.47 Å². The number of halogens is 1. The van der Waals surface area contributed by atoms with E-state index < -0.39 is 11.7 Å². The first-order chi connectivity index (χ1) is 16.9. The lowest BCUT2D eigenvalue weighted by atomic mass is 10.2. The minimum Gasteiger partial charge on any atom is -0.495 e. The topological polar surface area (TPSA) is 103 Å². The van der Waals surface area contributed by atoms with Gasteiger partial charge in [-0.05, 0) is 31.2 Å². The Balaban J connectivity index is 1.38. The molecule has 0 spiro atoms. The lowest BCUT2D eigenvalue weighted by Gasteiger charge is -2.36. The molecule has 1 amide bonds. The maximum atomic E-state index is 12.9. The number of rotatable bonds is 8. The van der Waals surface area contributed by atoms with Gasteiger partial charge >= 0.3 is 11.7 Å². The second kappa shape index (κ2) is 10.7. The van der Waals surface area contributed by atoms with E-state index in [4.69, 9.17) is 30.2 Å². The first-order valence-electron chi connectivity index (χ1n) is 11.2. The van der Waals surface area contributed by atoms with E-state index in [0.29, 0.717) is 48.2 Å². The van der Waals surface area contributed by atoms with Gasteiger partial charge in [0.2, 0.25) is 5.91 Å². The van der Waals surface area contributed by atoms with E-state index in [2.05, 4.69) is 4.90 Å². The molecule has 0 saturated carbocycles. The predicted molar refractivity (Wildman–Crippen MR) is 129 cm³/mol. The molecule has 1 saturated heterocycles. The van der Waals surface area contributed by atoms with Gasteiger partial charge in [0.25, 0.3) is 0 Å². The molecule has 35 heavy (non-hydrogen) atoms. The number of oxazole rings is 1. The van der Waals surface area contributed by atoms with Crippen molar-refractivity contribution in [3.8, 4) is 11.5 Å². The molecule has 11 heteroatoms. The van der Waals surface area contributed by atoms with Crippen LogP contribution < -0.4 is 20.1 Å². The third kappa shape index (κ3) is 5.54. The van der Waals surface area contributed by atoms with Crippen LogP contribution in [0.2, 0.25) is 5.02 Å². The number of aromatic nitrogens is 1. The average Bonchev–Trinajstić information content (AvgIpc) is 3.17. The van der Waals surface area contributed by atoms with Gasteiger partial charge in [-0.25, -0.2) is 9.59 Å². The number of amides is 1. The van der Waals surface area contributed by atoms with E-state index in [1.807, 2.05) is 12.1 Å². The van der Waals surface area contributed by atoms with E-state index in [-0.39, 0.29) is 31.2 Å². The second-order valence-electron chi connectivity index (χ2n) is 7.86. The van der Waals surface area contributed by atoms with Crippen LogP contribution in [0.25, 0.3) is 11.1 Å². The van der Waals surface area contributed by atoms with Crippen molar-refractivity contribution in [3.63, 3.8) is 0 Å². The molecule has 1 aromatic heterocycles. The van der Waals surface area contributed by atoms with Gasteiger partial charge < -0.3 is 28.4 Å². The summed E-state index contributed by atoms with van der Waals surface area (Å²) in [6.45, 7) is 3.89. The zero-order valence-corrected chi connectivity index (χ0v) is 20.2. The van der Waals surface area contributed by atoms with Crippen molar-refractivity contribution in [2.45, 2.75) is 13.5 Å². The van der Waals surface area contributed by atoms with Crippen LogP contribution >= 0.6 is 11.6 Å². The zero-order chi connectivity index (χ0) is 24.9. The van der Waals surface area contributed by atoms with Crippen LogP contribution in [0.1, 0.15) is 6.92 Å². The van der Waals surface area contributed by atoms with E-state index in [9.17, 15) is 14.4 Å². The first-order valence-corrected chi connectivity index (χ1v) is 11.6. The molecule has 1 fully saturated rings. The molecule has 0 unspecified atom stereocenters. The molecule has 0 aliphatic carbocycles. The van der Waals surface area contributed by atoms with Crippen molar-refractivity contribution in [1.29, 1.82) is 0 Å². The van der Waals surface area contributed by atoms with Crippen LogP contribution in [0.5, 0.6) is 11.5 Å². The third-order valence-electron chi connectivity index (χ3n) is 5.73. The Morgan fingerprint density at radius 1 is 1.09 bits per heavy atom. The van der Waals surface area contributed by atoms with Crippen molar-refractivity contribution < 1.29 is 28.2 Å². The fourth-order valence-electron chi connectivity index (χ4n) is 3.93. The number of methoxy groups -OCH3 is 1. The Kier molecular flexibility index (Phi) is 7.50. The molecule has 0 atom stereocenters. The summed E-state index contributed by atoms with van der Waals surface area (Å²) in [6, 6.07) is 10.3. The lowest BCUT2D eigenvalue weighted by Crippen LogP contribution is -2.50. The summed E-state index contributed by atoms with van der Waals surface area (Å²) in [6.07, 6.45) is 0. The molecule has 0 N–H and O–H groups in total. The Hall–Kier alpha value is -3.66. The molecule has 0 radical (unpaired) electrons. The number of hydrogen-bond donors (Lipinski definition) is 0. The summed E-state index contributed by atoms with van der Waals surface area (Å²) < 4.78 is 22.1. The number of hydrogen-bond acceptors (Lipinski definition) is 8.